The van der Waals surface area contributed by atoms with Crippen molar-refractivity contribution in [3.8, 4) is 0 Å². The Labute approximate surface area is 114 Å². The van der Waals surface area contributed by atoms with E-state index >= 15 is 0 Å². The van der Waals surface area contributed by atoms with Crippen LogP contribution in [0.25, 0.3) is 0 Å². The van der Waals surface area contributed by atoms with Crippen LogP contribution in [0, 0.1) is 20.8 Å². The minimum absolute atomic E-state index is 0.00983. The van der Waals surface area contributed by atoms with Gasteiger partial charge in [0.2, 0.25) is 0 Å². The third-order valence-corrected chi connectivity index (χ3v) is 3.63. The maximum Gasteiger partial charge on any atom is 0.0665 e. The summed E-state index contributed by atoms with van der Waals surface area (Å²) in [5.41, 5.74) is 5.95. The molecule has 0 spiro atoms. The van der Waals surface area contributed by atoms with Gasteiger partial charge in [-0.2, -0.15) is 5.10 Å². The van der Waals surface area contributed by atoms with E-state index in [4.69, 9.17) is 11.6 Å². The van der Waals surface area contributed by atoms with Crippen molar-refractivity contribution in [2.75, 3.05) is 0 Å². The molecule has 0 aliphatic rings. The van der Waals surface area contributed by atoms with E-state index in [0.29, 0.717) is 0 Å². The SMILES string of the molecule is Cc1ccccc1Cn1nc(C)c(C(C)Cl)c1C. The Hall–Kier alpha value is -1.28. The van der Waals surface area contributed by atoms with Crippen LogP contribution in [-0.2, 0) is 6.54 Å². The molecule has 0 amide bonds. The Bertz CT molecular complexity index is 556. The standard InChI is InChI=1S/C15H19ClN2/c1-10-7-5-6-8-14(10)9-18-13(4)15(11(2)16)12(3)17-18/h5-8,11H,9H2,1-4H3. The highest BCUT2D eigenvalue weighted by Crippen LogP contribution is 2.26. The van der Waals surface area contributed by atoms with Gasteiger partial charge in [0, 0.05) is 11.3 Å². The lowest BCUT2D eigenvalue weighted by atomic mass is 10.1. The van der Waals surface area contributed by atoms with Crippen LogP contribution in [0.2, 0.25) is 0 Å². The van der Waals surface area contributed by atoms with Crippen molar-refractivity contribution in [3.63, 3.8) is 0 Å². The van der Waals surface area contributed by atoms with Gasteiger partial charge in [0.25, 0.3) is 0 Å². The molecule has 18 heavy (non-hydrogen) atoms. The zero-order valence-corrected chi connectivity index (χ0v) is 12.1. The Morgan fingerprint density at radius 3 is 2.44 bits per heavy atom. The summed E-state index contributed by atoms with van der Waals surface area (Å²) in [6.45, 7) is 9.05. The van der Waals surface area contributed by atoms with Gasteiger partial charge in [-0.3, -0.25) is 4.68 Å². The predicted octanol–water partition coefficient (Wildman–Crippen LogP) is 4.16. The fraction of sp³-hybridized carbons (Fsp3) is 0.400. The summed E-state index contributed by atoms with van der Waals surface area (Å²) < 4.78 is 2.05. The van der Waals surface area contributed by atoms with Gasteiger partial charge in [0.1, 0.15) is 0 Å². The first kappa shape index (κ1) is 13.2. The minimum Gasteiger partial charge on any atom is -0.265 e. The van der Waals surface area contributed by atoms with Gasteiger partial charge < -0.3 is 0 Å². The van der Waals surface area contributed by atoms with Crippen molar-refractivity contribution in [2.24, 2.45) is 0 Å². The van der Waals surface area contributed by atoms with Crippen molar-refractivity contribution >= 4 is 11.6 Å². The quantitative estimate of drug-likeness (QED) is 0.760. The second-order valence-corrected chi connectivity index (χ2v) is 5.44. The fourth-order valence-electron chi connectivity index (χ4n) is 2.39. The van der Waals surface area contributed by atoms with Gasteiger partial charge in [-0.05, 0) is 38.8 Å². The molecule has 0 radical (unpaired) electrons. The zero-order chi connectivity index (χ0) is 13.3. The first-order valence-corrected chi connectivity index (χ1v) is 6.67. The first-order valence-electron chi connectivity index (χ1n) is 6.23. The van der Waals surface area contributed by atoms with Crippen LogP contribution in [0.15, 0.2) is 24.3 Å². The highest BCUT2D eigenvalue weighted by atomic mass is 35.5. The van der Waals surface area contributed by atoms with E-state index in [9.17, 15) is 0 Å². The molecule has 0 aliphatic carbocycles. The summed E-state index contributed by atoms with van der Waals surface area (Å²) in [7, 11) is 0. The number of aryl methyl sites for hydroxylation is 2. The molecule has 0 aliphatic heterocycles. The second-order valence-electron chi connectivity index (χ2n) is 4.78. The Balaban J connectivity index is 2.36. The lowest BCUT2D eigenvalue weighted by molar-refractivity contribution is 0.655. The van der Waals surface area contributed by atoms with Crippen molar-refractivity contribution in [1.82, 2.24) is 9.78 Å². The summed E-state index contributed by atoms with van der Waals surface area (Å²) in [4.78, 5) is 0. The van der Waals surface area contributed by atoms with Gasteiger partial charge in [-0.15, -0.1) is 11.6 Å². The number of nitrogens with zero attached hydrogens (tertiary/aromatic N) is 2. The molecule has 2 aromatic rings. The average molecular weight is 263 g/mol. The average Bonchev–Trinajstić information content (AvgIpc) is 2.57. The highest BCUT2D eigenvalue weighted by Gasteiger charge is 2.15. The van der Waals surface area contributed by atoms with Gasteiger partial charge in [0.15, 0.2) is 0 Å². The molecule has 2 rings (SSSR count). The molecule has 1 aromatic heterocycles. The number of alkyl halides is 1. The van der Waals surface area contributed by atoms with E-state index in [0.717, 1.165) is 17.8 Å². The van der Waals surface area contributed by atoms with Crippen LogP contribution in [0.4, 0.5) is 0 Å². The van der Waals surface area contributed by atoms with Crippen LogP contribution in [0.1, 0.15) is 40.4 Å². The Kier molecular flexibility index (Phi) is 3.76. The summed E-state index contributed by atoms with van der Waals surface area (Å²) in [5.74, 6) is 0. The fourth-order valence-corrected chi connectivity index (χ4v) is 2.71. The molecule has 1 unspecified atom stereocenters. The minimum atomic E-state index is 0.00983. The van der Waals surface area contributed by atoms with Gasteiger partial charge in [-0.25, -0.2) is 0 Å². The lowest BCUT2D eigenvalue weighted by Crippen LogP contribution is -2.05. The van der Waals surface area contributed by atoms with E-state index in [1.807, 2.05) is 18.5 Å². The molecular weight excluding hydrogens is 244 g/mol. The van der Waals surface area contributed by atoms with E-state index in [-0.39, 0.29) is 5.38 Å². The van der Waals surface area contributed by atoms with Gasteiger partial charge in [0.05, 0.1) is 17.6 Å². The molecule has 0 saturated carbocycles. The monoisotopic (exact) mass is 262 g/mol. The van der Waals surface area contributed by atoms with Crippen molar-refractivity contribution < 1.29 is 0 Å². The van der Waals surface area contributed by atoms with Gasteiger partial charge >= 0.3 is 0 Å². The molecule has 0 N–H and O–H groups in total. The van der Waals surface area contributed by atoms with Crippen molar-refractivity contribution in [1.29, 1.82) is 0 Å². The molecule has 0 bridgehead atoms. The molecule has 1 heterocycles. The molecule has 96 valence electrons. The topological polar surface area (TPSA) is 17.8 Å². The molecule has 1 aromatic carbocycles. The van der Waals surface area contributed by atoms with E-state index in [1.165, 1.54) is 16.8 Å². The number of benzene rings is 1. The number of halogens is 1. The summed E-state index contributed by atoms with van der Waals surface area (Å²) in [6.07, 6.45) is 0. The van der Waals surface area contributed by atoms with E-state index in [2.05, 4.69) is 43.2 Å². The van der Waals surface area contributed by atoms with Crippen molar-refractivity contribution in [3.05, 3.63) is 52.3 Å². The molecule has 3 heteroatoms. The predicted molar refractivity (Wildman–Crippen MR) is 76.3 cm³/mol. The molecule has 0 fully saturated rings. The van der Waals surface area contributed by atoms with Gasteiger partial charge in [-0.1, -0.05) is 24.3 Å². The largest absolute Gasteiger partial charge is 0.265 e. The molecule has 0 saturated heterocycles. The third kappa shape index (κ3) is 2.44. The first-order chi connectivity index (χ1) is 8.50. The molecule has 1 atom stereocenters. The van der Waals surface area contributed by atoms with E-state index in [1.54, 1.807) is 0 Å². The second kappa shape index (κ2) is 5.15. The molecule has 2 nitrogen and oxygen atoms in total. The van der Waals surface area contributed by atoms with Crippen LogP contribution in [0.3, 0.4) is 0 Å². The number of hydrogen-bond donors (Lipinski definition) is 0. The van der Waals surface area contributed by atoms with Crippen LogP contribution in [-0.4, -0.2) is 9.78 Å². The van der Waals surface area contributed by atoms with E-state index < -0.39 is 0 Å². The van der Waals surface area contributed by atoms with Crippen LogP contribution < -0.4 is 0 Å². The zero-order valence-electron chi connectivity index (χ0n) is 11.4. The maximum absolute atomic E-state index is 6.21. The lowest BCUT2D eigenvalue weighted by Gasteiger charge is -2.09. The number of hydrogen-bond acceptors (Lipinski definition) is 1. The Morgan fingerprint density at radius 2 is 1.89 bits per heavy atom. The maximum atomic E-state index is 6.21. The van der Waals surface area contributed by atoms with Crippen LogP contribution in [0.5, 0.6) is 0 Å². The normalized spacial score (nSPS) is 12.7. The molecular formula is C15H19ClN2. The highest BCUT2D eigenvalue weighted by molar-refractivity contribution is 6.20. The van der Waals surface area contributed by atoms with Crippen LogP contribution >= 0.6 is 11.6 Å². The number of aromatic nitrogens is 2. The van der Waals surface area contributed by atoms with Crippen molar-refractivity contribution in [2.45, 2.75) is 39.6 Å². The smallest absolute Gasteiger partial charge is 0.0665 e. The number of rotatable bonds is 3. The summed E-state index contributed by atoms with van der Waals surface area (Å²) in [5, 5.41) is 4.61. The Morgan fingerprint density at radius 1 is 1.22 bits per heavy atom. The summed E-state index contributed by atoms with van der Waals surface area (Å²) in [6, 6.07) is 8.41. The third-order valence-electron chi connectivity index (χ3n) is 3.42. The summed E-state index contributed by atoms with van der Waals surface area (Å²) >= 11 is 6.21.